The molecule has 2 fully saturated rings. The maximum Gasteiger partial charge on any atom is 0.253 e. The Balaban J connectivity index is 1.36. The Bertz CT molecular complexity index is 873. The van der Waals surface area contributed by atoms with Crippen molar-refractivity contribution in [2.75, 3.05) is 44.7 Å². The van der Waals surface area contributed by atoms with Crippen LogP contribution in [0.15, 0.2) is 48.5 Å². The molecular formula is C23H27N3O3. The third-order valence-corrected chi connectivity index (χ3v) is 5.72. The average Bonchev–Trinajstić information content (AvgIpc) is 3.18. The summed E-state index contributed by atoms with van der Waals surface area (Å²) in [6.07, 6.45) is 1.56. The van der Waals surface area contributed by atoms with Crippen LogP contribution in [-0.4, -0.2) is 61.4 Å². The second kappa shape index (κ2) is 8.55. The zero-order valence-corrected chi connectivity index (χ0v) is 16.8. The quantitative estimate of drug-likeness (QED) is 0.784. The van der Waals surface area contributed by atoms with E-state index >= 15 is 0 Å². The van der Waals surface area contributed by atoms with Crippen LogP contribution in [0.2, 0.25) is 0 Å². The zero-order chi connectivity index (χ0) is 20.2. The van der Waals surface area contributed by atoms with Gasteiger partial charge in [0.1, 0.15) is 5.75 Å². The number of methoxy groups -OCH3 is 1. The van der Waals surface area contributed by atoms with E-state index < -0.39 is 0 Å². The van der Waals surface area contributed by atoms with Gasteiger partial charge >= 0.3 is 0 Å². The lowest BCUT2D eigenvalue weighted by Gasteiger charge is -2.36. The largest absolute Gasteiger partial charge is 0.497 e. The van der Waals surface area contributed by atoms with Crippen molar-refractivity contribution in [1.29, 1.82) is 0 Å². The van der Waals surface area contributed by atoms with E-state index in [1.165, 1.54) is 0 Å². The van der Waals surface area contributed by atoms with Gasteiger partial charge < -0.3 is 19.4 Å². The molecule has 0 aliphatic carbocycles. The van der Waals surface area contributed by atoms with E-state index in [1.807, 2.05) is 46.2 Å². The lowest BCUT2D eigenvalue weighted by atomic mass is 10.1. The number of ether oxygens (including phenoxy) is 1. The van der Waals surface area contributed by atoms with Gasteiger partial charge in [0.25, 0.3) is 5.91 Å². The second-order valence-corrected chi connectivity index (χ2v) is 7.60. The lowest BCUT2D eigenvalue weighted by Crippen LogP contribution is -2.48. The third kappa shape index (κ3) is 4.36. The van der Waals surface area contributed by atoms with Crippen LogP contribution in [0.5, 0.6) is 5.75 Å². The summed E-state index contributed by atoms with van der Waals surface area (Å²) in [6, 6.07) is 15.7. The van der Waals surface area contributed by atoms with Crippen LogP contribution in [0.1, 0.15) is 28.8 Å². The summed E-state index contributed by atoms with van der Waals surface area (Å²) in [4.78, 5) is 30.9. The number of carbonyl (C=O) groups is 2. The smallest absolute Gasteiger partial charge is 0.253 e. The monoisotopic (exact) mass is 393 g/mol. The van der Waals surface area contributed by atoms with Crippen LogP contribution in [0.4, 0.5) is 5.69 Å². The summed E-state index contributed by atoms with van der Waals surface area (Å²) in [7, 11) is 1.66. The number of anilines is 1. The van der Waals surface area contributed by atoms with E-state index in [4.69, 9.17) is 4.74 Å². The minimum atomic E-state index is 0.0639. The SMILES string of the molecule is COc1ccc(N2CCN(C(=O)c3cccc(CN4CCCC4=O)c3)CC2)cc1. The molecule has 0 aromatic heterocycles. The maximum absolute atomic E-state index is 13.0. The molecule has 0 bridgehead atoms. The highest BCUT2D eigenvalue weighted by molar-refractivity contribution is 5.94. The molecule has 152 valence electrons. The van der Waals surface area contributed by atoms with Crippen molar-refractivity contribution in [3.8, 4) is 5.75 Å². The molecular weight excluding hydrogens is 366 g/mol. The van der Waals surface area contributed by atoms with Gasteiger partial charge in [-0.2, -0.15) is 0 Å². The number of carbonyl (C=O) groups excluding carboxylic acids is 2. The summed E-state index contributed by atoms with van der Waals surface area (Å²) in [5, 5.41) is 0. The predicted octanol–water partition coefficient (Wildman–Crippen LogP) is 2.78. The molecule has 0 atom stereocenters. The minimum absolute atomic E-state index is 0.0639. The molecule has 6 heteroatoms. The van der Waals surface area contributed by atoms with Crippen LogP contribution in [-0.2, 0) is 11.3 Å². The van der Waals surface area contributed by atoms with Gasteiger partial charge in [0.15, 0.2) is 0 Å². The van der Waals surface area contributed by atoms with Crippen molar-refractivity contribution in [2.45, 2.75) is 19.4 Å². The van der Waals surface area contributed by atoms with Gasteiger partial charge in [0.2, 0.25) is 5.91 Å². The number of benzene rings is 2. The highest BCUT2D eigenvalue weighted by Gasteiger charge is 2.24. The maximum atomic E-state index is 13.0. The van der Waals surface area contributed by atoms with Crippen molar-refractivity contribution in [3.63, 3.8) is 0 Å². The average molecular weight is 393 g/mol. The first-order valence-corrected chi connectivity index (χ1v) is 10.2. The lowest BCUT2D eigenvalue weighted by molar-refractivity contribution is -0.128. The van der Waals surface area contributed by atoms with E-state index in [-0.39, 0.29) is 11.8 Å². The summed E-state index contributed by atoms with van der Waals surface area (Å²) in [5.41, 5.74) is 2.87. The van der Waals surface area contributed by atoms with Crippen molar-refractivity contribution in [2.24, 2.45) is 0 Å². The van der Waals surface area contributed by atoms with Gasteiger partial charge in [-0.15, -0.1) is 0 Å². The Morgan fingerprint density at radius 1 is 1.00 bits per heavy atom. The number of likely N-dealkylation sites (tertiary alicyclic amines) is 1. The number of nitrogens with zero attached hydrogens (tertiary/aromatic N) is 3. The predicted molar refractivity (Wildman–Crippen MR) is 112 cm³/mol. The zero-order valence-electron chi connectivity index (χ0n) is 16.8. The van der Waals surface area contributed by atoms with Gasteiger partial charge in [-0.1, -0.05) is 12.1 Å². The molecule has 2 aromatic carbocycles. The van der Waals surface area contributed by atoms with Crippen molar-refractivity contribution < 1.29 is 14.3 Å². The first-order chi connectivity index (χ1) is 14.1. The highest BCUT2D eigenvalue weighted by Crippen LogP contribution is 2.21. The van der Waals surface area contributed by atoms with Crippen LogP contribution in [0.25, 0.3) is 0 Å². The number of piperazine rings is 1. The normalized spacial score (nSPS) is 17.0. The van der Waals surface area contributed by atoms with Gasteiger partial charge in [-0.25, -0.2) is 0 Å². The number of hydrogen-bond donors (Lipinski definition) is 0. The molecule has 0 saturated carbocycles. The molecule has 29 heavy (non-hydrogen) atoms. The molecule has 0 spiro atoms. The number of rotatable bonds is 5. The molecule has 2 heterocycles. The van der Waals surface area contributed by atoms with Crippen LogP contribution >= 0.6 is 0 Å². The molecule has 2 amide bonds. The molecule has 0 N–H and O–H groups in total. The molecule has 2 aliphatic heterocycles. The van der Waals surface area contributed by atoms with Crippen LogP contribution in [0, 0.1) is 0 Å². The first-order valence-electron chi connectivity index (χ1n) is 10.2. The molecule has 0 radical (unpaired) electrons. The van der Waals surface area contributed by atoms with Gasteiger partial charge in [0.05, 0.1) is 7.11 Å². The number of hydrogen-bond acceptors (Lipinski definition) is 4. The summed E-state index contributed by atoms with van der Waals surface area (Å²) < 4.78 is 5.22. The second-order valence-electron chi connectivity index (χ2n) is 7.60. The van der Waals surface area contributed by atoms with Gasteiger partial charge in [-0.3, -0.25) is 9.59 Å². The van der Waals surface area contributed by atoms with Gasteiger partial charge in [-0.05, 0) is 48.4 Å². The Hall–Kier alpha value is -3.02. The Morgan fingerprint density at radius 3 is 2.41 bits per heavy atom. The van der Waals surface area contributed by atoms with E-state index in [0.29, 0.717) is 31.6 Å². The molecule has 6 nitrogen and oxygen atoms in total. The highest BCUT2D eigenvalue weighted by atomic mass is 16.5. The Kier molecular flexibility index (Phi) is 5.69. The molecule has 4 rings (SSSR count). The van der Waals surface area contributed by atoms with Crippen LogP contribution in [0.3, 0.4) is 0 Å². The molecule has 2 saturated heterocycles. The fraction of sp³-hybridized carbons (Fsp3) is 0.391. The molecule has 0 unspecified atom stereocenters. The molecule has 2 aliphatic rings. The standard InChI is InChI=1S/C23H27N3O3/c1-29-21-9-7-20(8-10-21)24-12-14-25(15-13-24)23(28)19-5-2-4-18(16-19)17-26-11-3-6-22(26)27/h2,4-5,7-10,16H,3,6,11-15,17H2,1H3. The van der Waals surface area contributed by atoms with Crippen molar-refractivity contribution >= 4 is 17.5 Å². The first kappa shape index (κ1) is 19.3. The topological polar surface area (TPSA) is 53.1 Å². The summed E-state index contributed by atoms with van der Waals surface area (Å²) in [6.45, 7) is 4.40. The van der Waals surface area contributed by atoms with Crippen LogP contribution < -0.4 is 9.64 Å². The van der Waals surface area contributed by atoms with E-state index in [9.17, 15) is 9.59 Å². The summed E-state index contributed by atoms with van der Waals surface area (Å²) in [5.74, 6) is 1.11. The summed E-state index contributed by atoms with van der Waals surface area (Å²) >= 11 is 0. The Morgan fingerprint density at radius 2 is 1.76 bits per heavy atom. The van der Waals surface area contributed by atoms with Crippen molar-refractivity contribution in [3.05, 3.63) is 59.7 Å². The minimum Gasteiger partial charge on any atom is -0.497 e. The van der Waals surface area contributed by atoms with E-state index in [1.54, 1.807) is 7.11 Å². The number of amides is 2. The van der Waals surface area contributed by atoms with E-state index in [2.05, 4.69) is 17.0 Å². The fourth-order valence-corrected chi connectivity index (χ4v) is 4.04. The Labute approximate surface area is 171 Å². The third-order valence-electron chi connectivity index (χ3n) is 5.72. The fourth-order valence-electron chi connectivity index (χ4n) is 4.04. The molecule has 2 aromatic rings. The van der Waals surface area contributed by atoms with Crippen molar-refractivity contribution in [1.82, 2.24) is 9.80 Å². The van der Waals surface area contributed by atoms with Gasteiger partial charge in [0, 0.05) is 56.9 Å². The van der Waals surface area contributed by atoms with E-state index in [0.717, 1.165) is 43.1 Å².